The van der Waals surface area contributed by atoms with Crippen molar-refractivity contribution in [1.29, 1.82) is 5.26 Å². The van der Waals surface area contributed by atoms with Crippen LogP contribution in [-0.4, -0.2) is 15.0 Å². The maximum atomic E-state index is 12.5. The monoisotopic (exact) mass is 318 g/mol. The molecule has 5 heteroatoms. The van der Waals surface area contributed by atoms with E-state index in [1.165, 1.54) is 6.07 Å². The normalized spacial score (nSPS) is 12.7. The smallest absolute Gasteiger partial charge is 0.207 e. The Morgan fingerprint density at radius 1 is 1.27 bits per heavy atom. The summed E-state index contributed by atoms with van der Waals surface area (Å²) in [5, 5.41) is 9.32. The number of hydrogen-bond acceptors (Lipinski definition) is 3. The van der Waals surface area contributed by atoms with Gasteiger partial charge in [0.15, 0.2) is 0 Å². The van der Waals surface area contributed by atoms with Crippen molar-refractivity contribution in [2.45, 2.75) is 50.8 Å². The number of sulfonamides is 1. The van der Waals surface area contributed by atoms with Gasteiger partial charge in [0.25, 0.3) is 0 Å². The molecule has 0 bridgehead atoms. The lowest BCUT2D eigenvalue weighted by Crippen LogP contribution is -2.25. The molecule has 0 saturated heterocycles. The molecule has 1 atom stereocenters. The van der Waals surface area contributed by atoms with E-state index in [0.717, 1.165) is 17.5 Å². The first-order valence-electron chi connectivity index (χ1n) is 7.29. The Morgan fingerprint density at radius 3 is 2.36 bits per heavy atom. The van der Waals surface area contributed by atoms with E-state index in [2.05, 4.69) is 16.7 Å². The number of nitrogens with one attached hydrogen (secondary N) is 1. The highest BCUT2D eigenvalue weighted by Gasteiger charge is 2.23. The molecule has 1 aromatic rings. The predicted octanol–water partition coefficient (Wildman–Crippen LogP) is 3.11. The number of terminal acetylenes is 1. The van der Waals surface area contributed by atoms with Gasteiger partial charge in [-0.05, 0) is 35.4 Å². The van der Waals surface area contributed by atoms with Gasteiger partial charge in [-0.25, -0.2) is 8.42 Å². The zero-order valence-corrected chi connectivity index (χ0v) is 14.3. The second-order valence-corrected chi connectivity index (χ2v) is 7.32. The molecule has 0 radical (unpaired) electrons. The molecule has 1 N–H and O–H groups in total. The first kappa shape index (κ1) is 18.2. The van der Waals surface area contributed by atoms with Gasteiger partial charge in [0.2, 0.25) is 10.0 Å². The Kier molecular flexibility index (Phi) is 6.17. The van der Waals surface area contributed by atoms with Crippen molar-refractivity contribution < 1.29 is 8.42 Å². The Hall–Kier alpha value is -1.82. The molecule has 0 aliphatic rings. The number of hydrogen-bond donors (Lipinski definition) is 1. The minimum atomic E-state index is -3.73. The second kappa shape index (κ2) is 7.45. The molecule has 0 saturated carbocycles. The van der Waals surface area contributed by atoms with Crippen molar-refractivity contribution >= 4 is 10.0 Å². The van der Waals surface area contributed by atoms with E-state index < -0.39 is 10.0 Å². The maximum absolute atomic E-state index is 12.5. The summed E-state index contributed by atoms with van der Waals surface area (Å²) in [7, 11) is -3.73. The first-order valence-corrected chi connectivity index (χ1v) is 8.77. The lowest BCUT2D eigenvalue weighted by atomic mass is 9.90. The van der Waals surface area contributed by atoms with Gasteiger partial charge in [0, 0.05) is 0 Å². The Morgan fingerprint density at radius 2 is 1.91 bits per heavy atom. The van der Waals surface area contributed by atoms with E-state index in [4.69, 9.17) is 6.42 Å². The number of nitriles is 1. The lowest BCUT2D eigenvalue weighted by Gasteiger charge is -2.19. The van der Waals surface area contributed by atoms with E-state index in [-0.39, 0.29) is 23.3 Å². The van der Waals surface area contributed by atoms with Gasteiger partial charge in [-0.3, -0.25) is 0 Å². The molecule has 4 nitrogen and oxygen atoms in total. The Bertz CT molecular complexity index is 722. The van der Waals surface area contributed by atoms with Crippen molar-refractivity contribution in [1.82, 2.24) is 4.72 Å². The average molecular weight is 318 g/mol. The highest BCUT2D eigenvalue weighted by Crippen LogP contribution is 2.32. The topological polar surface area (TPSA) is 70.0 Å². The molecule has 1 unspecified atom stereocenters. The first-order chi connectivity index (χ1) is 10.3. The van der Waals surface area contributed by atoms with Gasteiger partial charge in [0.05, 0.1) is 23.1 Å². The quantitative estimate of drug-likeness (QED) is 0.819. The Balaban J connectivity index is 3.62. The third kappa shape index (κ3) is 3.88. The second-order valence-electron chi connectivity index (χ2n) is 5.58. The number of benzene rings is 1. The maximum Gasteiger partial charge on any atom is 0.241 e. The standard InChI is InChI=1S/C17H22N2O2S/c1-6-8-19-22(20,21)17-9-14(11-18)15(12(3)4)10-16(17)13(5)7-2/h1,9-10,12-13,19H,7-8H2,2-5H3. The molecular formula is C17H22N2O2S. The number of rotatable bonds is 6. The highest BCUT2D eigenvalue weighted by molar-refractivity contribution is 7.89. The van der Waals surface area contributed by atoms with E-state index in [9.17, 15) is 13.7 Å². The van der Waals surface area contributed by atoms with Crippen LogP contribution in [0, 0.1) is 23.7 Å². The fourth-order valence-corrected chi connectivity index (χ4v) is 3.51. The average Bonchev–Trinajstić information content (AvgIpc) is 2.50. The summed E-state index contributed by atoms with van der Waals surface area (Å²) in [5.41, 5.74) is 1.99. The van der Waals surface area contributed by atoms with Crippen molar-refractivity contribution in [2.24, 2.45) is 0 Å². The summed E-state index contributed by atoms with van der Waals surface area (Å²) in [5.74, 6) is 2.48. The van der Waals surface area contributed by atoms with Gasteiger partial charge >= 0.3 is 0 Å². The van der Waals surface area contributed by atoms with Crippen LogP contribution in [0.15, 0.2) is 17.0 Å². The Labute approximate surface area is 133 Å². The van der Waals surface area contributed by atoms with Crippen LogP contribution in [0.4, 0.5) is 0 Å². The van der Waals surface area contributed by atoms with E-state index in [1.54, 1.807) is 0 Å². The largest absolute Gasteiger partial charge is 0.241 e. The minimum absolute atomic E-state index is 0.0719. The molecule has 118 valence electrons. The van der Waals surface area contributed by atoms with Crippen molar-refractivity contribution in [3.8, 4) is 18.4 Å². The van der Waals surface area contributed by atoms with Crippen LogP contribution in [0.25, 0.3) is 0 Å². The van der Waals surface area contributed by atoms with Crippen LogP contribution in [-0.2, 0) is 10.0 Å². The van der Waals surface area contributed by atoms with Crippen LogP contribution in [0.1, 0.15) is 62.6 Å². The van der Waals surface area contributed by atoms with E-state index in [0.29, 0.717) is 5.56 Å². The van der Waals surface area contributed by atoms with Gasteiger partial charge < -0.3 is 0 Å². The van der Waals surface area contributed by atoms with Crippen molar-refractivity contribution in [3.05, 3.63) is 28.8 Å². The number of nitrogens with zero attached hydrogens (tertiary/aromatic N) is 1. The fraction of sp³-hybridized carbons (Fsp3) is 0.471. The zero-order chi connectivity index (χ0) is 16.9. The van der Waals surface area contributed by atoms with Crippen LogP contribution < -0.4 is 4.72 Å². The molecule has 0 aromatic heterocycles. The van der Waals surface area contributed by atoms with Gasteiger partial charge in [0.1, 0.15) is 0 Å². The SMILES string of the molecule is C#CCNS(=O)(=O)c1cc(C#N)c(C(C)C)cc1C(C)CC. The van der Waals surface area contributed by atoms with Crippen molar-refractivity contribution in [3.63, 3.8) is 0 Å². The molecule has 0 amide bonds. The molecule has 0 aliphatic heterocycles. The van der Waals surface area contributed by atoms with Crippen LogP contribution in [0.5, 0.6) is 0 Å². The molecular weight excluding hydrogens is 296 g/mol. The third-order valence-corrected chi connectivity index (χ3v) is 5.18. The molecule has 22 heavy (non-hydrogen) atoms. The van der Waals surface area contributed by atoms with Gasteiger partial charge in [-0.15, -0.1) is 6.42 Å². The van der Waals surface area contributed by atoms with Crippen molar-refractivity contribution in [2.75, 3.05) is 6.54 Å². The van der Waals surface area contributed by atoms with Crippen LogP contribution >= 0.6 is 0 Å². The molecule has 0 fully saturated rings. The molecule has 0 heterocycles. The minimum Gasteiger partial charge on any atom is -0.207 e. The summed E-state index contributed by atoms with van der Waals surface area (Å²) < 4.78 is 27.3. The molecule has 1 aromatic carbocycles. The van der Waals surface area contributed by atoms with E-state index in [1.807, 2.05) is 33.8 Å². The lowest BCUT2D eigenvalue weighted by molar-refractivity contribution is 0.582. The fourth-order valence-electron chi connectivity index (χ4n) is 2.24. The predicted molar refractivity (Wildman–Crippen MR) is 88.0 cm³/mol. The van der Waals surface area contributed by atoms with Crippen LogP contribution in [0.2, 0.25) is 0 Å². The molecule has 0 aliphatic carbocycles. The van der Waals surface area contributed by atoms with Gasteiger partial charge in [-0.2, -0.15) is 9.98 Å². The summed E-state index contributed by atoms with van der Waals surface area (Å²) in [6, 6.07) is 5.41. The molecule has 0 spiro atoms. The summed E-state index contributed by atoms with van der Waals surface area (Å²) in [6.07, 6.45) is 5.94. The third-order valence-electron chi connectivity index (χ3n) is 3.72. The summed E-state index contributed by atoms with van der Waals surface area (Å²) in [4.78, 5) is 0.151. The van der Waals surface area contributed by atoms with Crippen LogP contribution in [0.3, 0.4) is 0 Å². The summed E-state index contributed by atoms with van der Waals surface area (Å²) >= 11 is 0. The highest BCUT2D eigenvalue weighted by atomic mass is 32.2. The zero-order valence-electron chi connectivity index (χ0n) is 13.5. The van der Waals surface area contributed by atoms with Gasteiger partial charge in [-0.1, -0.05) is 39.7 Å². The summed E-state index contributed by atoms with van der Waals surface area (Å²) in [6.45, 7) is 7.88. The van der Waals surface area contributed by atoms with E-state index >= 15 is 0 Å². The molecule has 1 rings (SSSR count).